The normalized spacial score (nSPS) is 9.71. The third-order valence-corrected chi connectivity index (χ3v) is 2.77. The summed E-state index contributed by atoms with van der Waals surface area (Å²) in [5, 5.41) is 8.76. The third kappa shape index (κ3) is 2.46. The Morgan fingerprint density at radius 3 is 2.29 bits per heavy atom. The van der Waals surface area contributed by atoms with Crippen molar-refractivity contribution in [1.29, 1.82) is 5.26 Å². The Hall–Kier alpha value is -2.27. The summed E-state index contributed by atoms with van der Waals surface area (Å²) < 4.78 is 0. The lowest BCUT2D eigenvalue weighted by molar-refractivity contribution is 1.20. The van der Waals surface area contributed by atoms with Crippen molar-refractivity contribution < 1.29 is 0 Å². The van der Waals surface area contributed by atoms with Crippen LogP contribution in [-0.4, -0.2) is 7.05 Å². The highest BCUT2D eigenvalue weighted by Gasteiger charge is 2.03. The van der Waals surface area contributed by atoms with Crippen LogP contribution in [0.25, 0.3) is 0 Å². The molecule has 0 heterocycles. The zero-order valence-electron chi connectivity index (χ0n) is 10.0. The van der Waals surface area contributed by atoms with Gasteiger partial charge in [0, 0.05) is 18.4 Å². The van der Waals surface area contributed by atoms with Crippen molar-refractivity contribution in [2.24, 2.45) is 0 Å². The number of hydrogen-bond acceptors (Lipinski definition) is 2. The smallest absolute Gasteiger partial charge is 0.0991 e. The molecule has 0 aromatic heterocycles. The second-order valence-corrected chi connectivity index (χ2v) is 4.06. The van der Waals surface area contributed by atoms with Gasteiger partial charge in [0.15, 0.2) is 0 Å². The molecule has 2 heteroatoms. The summed E-state index contributed by atoms with van der Waals surface area (Å²) in [6.07, 6.45) is 0. The van der Waals surface area contributed by atoms with E-state index in [0.29, 0.717) is 5.56 Å². The van der Waals surface area contributed by atoms with Crippen LogP contribution in [0, 0.1) is 18.3 Å². The molecule has 0 saturated carbocycles. The molecule has 2 rings (SSSR count). The molecule has 2 aromatic carbocycles. The summed E-state index contributed by atoms with van der Waals surface area (Å²) in [4.78, 5) is 2.11. The number of benzene rings is 2. The van der Waals surface area contributed by atoms with Crippen LogP contribution in [0.3, 0.4) is 0 Å². The number of nitrogens with zero attached hydrogens (tertiary/aromatic N) is 2. The van der Waals surface area contributed by atoms with Crippen LogP contribution in [0.15, 0.2) is 48.5 Å². The molecule has 0 amide bonds. The lowest BCUT2D eigenvalue weighted by Gasteiger charge is -2.19. The molecule has 0 atom stereocenters. The maximum atomic E-state index is 8.76. The van der Waals surface area contributed by atoms with Crippen molar-refractivity contribution in [3.05, 3.63) is 59.7 Å². The predicted molar refractivity (Wildman–Crippen MR) is 70.4 cm³/mol. The summed E-state index contributed by atoms with van der Waals surface area (Å²) >= 11 is 0. The van der Waals surface area contributed by atoms with E-state index in [1.54, 1.807) is 0 Å². The maximum Gasteiger partial charge on any atom is 0.0991 e. The summed E-state index contributed by atoms with van der Waals surface area (Å²) in [6, 6.07) is 18.0. The minimum Gasteiger partial charge on any atom is -0.345 e. The van der Waals surface area contributed by atoms with Gasteiger partial charge in [0.2, 0.25) is 0 Å². The van der Waals surface area contributed by atoms with Crippen LogP contribution in [0.1, 0.15) is 11.1 Å². The van der Waals surface area contributed by atoms with Gasteiger partial charge in [0.25, 0.3) is 0 Å². The molecule has 2 nitrogen and oxygen atoms in total. The van der Waals surface area contributed by atoms with Gasteiger partial charge in [-0.3, -0.25) is 0 Å². The average Bonchev–Trinajstić information content (AvgIpc) is 2.38. The van der Waals surface area contributed by atoms with Crippen molar-refractivity contribution >= 4 is 11.4 Å². The first-order chi connectivity index (χ1) is 8.20. The third-order valence-electron chi connectivity index (χ3n) is 2.77. The highest BCUT2D eigenvalue weighted by Crippen LogP contribution is 2.24. The summed E-state index contributed by atoms with van der Waals surface area (Å²) in [5.41, 5.74) is 4.15. The zero-order valence-corrected chi connectivity index (χ0v) is 10.0. The molecule has 0 aliphatic carbocycles. The van der Waals surface area contributed by atoms with E-state index >= 15 is 0 Å². The molecule has 0 aliphatic rings. The highest BCUT2D eigenvalue weighted by atomic mass is 15.1. The molecule has 0 N–H and O–H groups in total. The molecule has 0 radical (unpaired) electrons. The fourth-order valence-corrected chi connectivity index (χ4v) is 1.75. The fraction of sp³-hybridized carbons (Fsp3) is 0.133. The number of rotatable bonds is 2. The molecule has 0 fully saturated rings. The Kier molecular flexibility index (Phi) is 3.11. The van der Waals surface area contributed by atoms with Gasteiger partial charge in [-0.2, -0.15) is 5.26 Å². The van der Waals surface area contributed by atoms with Crippen LogP contribution in [-0.2, 0) is 0 Å². The first-order valence-electron chi connectivity index (χ1n) is 5.51. The van der Waals surface area contributed by atoms with E-state index in [1.807, 2.05) is 37.4 Å². The van der Waals surface area contributed by atoms with Gasteiger partial charge in [0.1, 0.15) is 0 Å². The second kappa shape index (κ2) is 4.71. The standard InChI is InChI=1S/C15H14N2/c1-12-4-3-5-15(10-12)17(2)14-8-6-13(11-16)7-9-14/h3-10H,1-2H3. The maximum absolute atomic E-state index is 8.76. The number of nitriles is 1. The summed E-state index contributed by atoms with van der Waals surface area (Å²) in [6.45, 7) is 2.08. The molecule has 17 heavy (non-hydrogen) atoms. The average molecular weight is 222 g/mol. The summed E-state index contributed by atoms with van der Waals surface area (Å²) in [5.74, 6) is 0. The molecular formula is C15H14N2. The molecule has 2 aromatic rings. The Morgan fingerprint density at radius 1 is 1.00 bits per heavy atom. The molecule has 0 saturated heterocycles. The van der Waals surface area contributed by atoms with Gasteiger partial charge in [-0.05, 0) is 48.9 Å². The minimum absolute atomic E-state index is 0.686. The van der Waals surface area contributed by atoms with E-state index in [2.05, 4.69) is 36.1 Å². The van der Waals surface area contributed by atoms with Crippen molar-refractivity contribution in [2.45, 2.75) is 6.92 Å². The van der Waals surface area contributed by atoms with Crippen LogP contribution in [0.5, 0.6) is 0 Å². The number of hydrogen-bond donors (Lipinski definition) is 0. The van der Waals surface area contributed by atoms with E-state index in [9.17, 15) is 0 Å². The van der Waals surface area contributed by atoms with E-state index < -0.39 is 0 Å². The van der Waals surface area contributed by atoms with Gasteiger partial charge in [0.05, 0.1) is 11.6 Å². The van der Waals surface area contributed by atoms with Crippen molar-refractivity contribution in [2.75, 3.05) is 11.9 Å². The molecular weight excluding hydrogens is 208 g/mol. The lowest BCUT2D eigenvalue weighted by Crippen LogP contribution is -2.09. The molecule has 0 unspecified atom stereocenters. The SMILES string of the molecule is Cc1cccc(N(C)c2ccc(C#N)cc2)c1. The number of aryl methyl sites for hydroxylation is 1. The zero-order chi connectivity index (χ0) is 12.3. The molecule has 0 aliphatic heterocycles. The summed E-state index contributed by atoms with van der Waals surface area (Å²) in [7, 11) is 2.02. The quantitative estimate of drug-likeness (QED) is 0.775. The molecule has 84 valence electrons. The van der Waals surface area contributed by atoms with Crippen molar-refractivity contribution in [1.82, 2.24) is 0 Å². The van der Waals surface area contributed by atoms with E-state index in [0.717, 1.165) is 11.4 Å². The highest BCUT2D eigenvalue weighted by molar-refractivity contribution is 5.63. The van der Waals surface area contributed by atoms with Crippen LogP contribution in [0.2, 0.25) is 0 Å². The van der Waals surface area contributed by atoms with Gasteiger partial charge in [-0.15, -0.1) is 0 Å². The van der Waals surface area contributed by atoms with Crippen LogP contribution in [0.4, 0.5) is 11.4 Å². The van der Waals surface area contributed by atoms with E-state index in [-0.39, 0.29) is 0 Å². The topological polar surface area (TPSA) is 27.0 Å². The first kappa shape index (κ1) is 11.2. The van der Waals surface area contributed by atoms with Crippen LogP contribution < -0.4 is 4.90 Å². The lowest BCUT2D eigenvalue weighted by atomic mass is 10.1. The van der Waals surface area contributed by atoms with Crippen molar-refractivity contribution in [3.8, 4) is 6.07 Å². The van der Waals surface area contributed by atoms with Gasteiger partial charge in [-0.1, -0.05) is 12.1 Å². The predicted octanol–water partition coefficient (Wildman–Crippen LogP) is 3.63. The second-order valence-electron chi connectivity index (χ2n) is 4.06. The van der Waals surface area contributed by atoms with Gasteiger partial charge < -0.3 is 4.90 Å². The Bertz CT molecular complexity index is 550. The monoisotopic (exact) mass is 222 g/mol. The van der Waals surface area contributed by atoms with Gasteiger partial charge in [-0.25, -0.2) is 0 Å². The fourth-order valence-electron chi connectivity index (χ4n) is 1.75. The van der Waals surface area contributed by atoms with Crippen LogP contribution >= 0.6 is 0 Å². The Balaban J connectivity index is 2.30. The minimum atomic E-state index is 0.686. The molecule has 0 bridgehead atoms. The van der Waals surface area contributed by atoms with E-state index in [1.165, 1.54) is 5.56 Å². The largest absolute Gasteiger partial charge is 0.345 e. The van der Waals surface area contributed by atoms with Gasteiger partial charge >= 0.3 is 0 Å². The first-order valence-corrected chi connectivity index (χ1v) is 5.51. The number of anilines is 2. The van der Waals surface area contributed by atoms with Crippen molar-refractivity contribution in [3.63, 3.8) is 0 Å². The van der Waals surface area contributed by atoms with E-state index in [4.69, 9.17) is 5.26 Å². The Labute approximate surface area is 102 Å². The molecule has 0 spiro atoms. The Morgan fingerprint density at radius 2 is 1.71 bits per heavy atom.